The highest BCUT2D eigenvalue weighted by molar-refractivity contribution is 5.99. The zero-order valence-electron chi connectivity index (χ0n) is 14.3. The van der Waals surface area contributed by atoms with Crippen molar-refractivity contribution in [2.75, 3.05) is 6.61 Å². The van der Waals surface area contributed by atoms with Gasteiger partial charge in [0.1, 0.15) is 5.82 Å². The van der Waals surface area contributed by atoms with Crippen LogP contribution in [0.3, 0.4) is 0 Å². The van der Waals surface area contributed by atoms with Gasteiger partial charge in [-0.15, -0.1) is 4.73 Å². The standard InChI is InChI=1S/C18H17N5O3/c1-12(14-7-9-19-10-8-14)21-22-17(24)11-26-23-13(2)20-16-6-4-3-5-15(16)18(23)25/h3-10H,11H2,1-2H3,(H,22,24). The van der Waals surface area contributed by atoms with E-state index in [1.807, 2.05) is 0 Å². The lowest BCUT2D eigenvalue weighted by molar-refractivity contribution is -0.126. The van der Waals surface area contributed by atoms with Gasteiger partial charge in [0.05, 0.1) is 16.6 Å². The second-order valence-electron chi connectivity index (χ2n) is 5.52. The van der Waals surface area contributed by atoms with E-state index < -0.39 is 5.91 Å². The number of hydrogen-bond acceptors (Lipinski definition) is 6. The summed E-state index contributed by atoms with van der Waals surface area (Å²) in [6, 6.07) is 10.5. The first-order valence-electron chi connectivity index (χ1n) is 7.91. The van der Waals surface area contributed by atoms with Gasteiger partial charge in [-0.05, 0) is 38.1 Å². The molecule has 3 aromatic rings. The molecule has 0 atom stereocenters. The summed E-state index contributed by atoms with van der Waals surface area (Å²) >= 11 is 0. The van der Waals surface area contributed by atoms with E-state index in [9.17, 15) is 9.59 Å². The number of pyridine rings is 1. The van der Waals surface area contributed by atoms with Gasteiger partial charge < -0.3 is 4.84 Å². The normalized spacial score (nSPS) is 11.4. The average Bonchev–Trinajstić information content (AvgIpc) is 2.66. The third-order valence-corrected chi connectivity index (χ3v) is 3.67. The predicted octanol–water partition coefficient (Wildman–Crippen LogP) is 1.07. The summed E-state index contributed by atoms with van der Waals surface area (Å²) in [5.74, 6) is -0.129. The fraction of sp³-hybridized carbons (Fsp3) is 0.167. The summed E-state index contributed by atoms with van der Waals surface area (Å²) in [5, 5.41) is 4.43. The summed E-state index contributed by atoms with van der Waals surface area (Å²) < 4.78 is 1.02. The number of nitrogens with one attached hydrogen (secondary N) is 1. The van der Waals surface area contributed by atoms with Crippen molar-refractivity contribution >= 4 is 22.5 Å². The number of rotatable bonds is 5. The minimum Gasteiger partial charge on any atom is -0.399 e. The van der Waals surface area contributed by atoms with Crippen molar-refractivity contribution in [1.82, 2.24) is 20.1 Å². The summed E-state index contributed by atoms with van der Waals surface area (Å²) in [5.41, 5.74) is 4.08. The van der Waals surface area contributed by atoms with Crippen molar-refractivity contribution in [1.29, 1.82) is 0 Å². The lowest BCUT2D eigenvalue weighted by Gasteiger charge is -2.11. The van der Waals surface area contributed by atoms with Gasteiger partial charge in [0.15, 0.2) is 6.61 Å². The molecule has 0 aliphatic carbocycles. The Bertz CT molecular complexity index is 1030. The Morgan fingerprint density at radius 1 is 1.23 bits per heavy atom. The summed E-state index contributed by atoms with van der Waals surface area (Å²) in [6.07, 6.45) is 3.28. The van der Waals surface area contributed by atoms with E-state index in [1.165, 1.54) is 0 Å². The van der Waals surface area contributed by atoms with Crippen molar-refractivity contribution in [3.63, 3.8) is 0 Å². The van der Waals surface area contributed by atoms with E-state index in [4.69, 9.17) is 4.84 Å². The van der Waals surface area contributed by atoms with E-state index in [2.05, 4.69) is 20.5 Å². The van der Waals surface area contributed by atoms with Gasteiger partial charge in [-0.3, -0.25) is 14.6 Å². The number of aryl methyl sites for hydroxylation is 1. The molecule has 0 radical (unpaired) electrons. The second-order valence-corrected chi connectivity index (χ2v) is 5.52. The van der Waals surface area contributed by atoms with Gasteiger partial charge in [-0.1, -0.05) is 12.1 Å². The van der Waals surface area contributed by atoms with Gasteiger partial charge in [0.25, 0.3) is 11.5 Å². The fourth-order valence-corrected chi connectivity index (χ4v) is 2.34. The molecule has 0 saturated carbocycles. The van der Waals surface area contributed by atoms with Crippen LogP contribution in [0.25, 0.3) is 10.9 Å². The third kappa shape index (κ3) is 3.75. The van der Waals surface area contributed by atoms with Crippen LogP contribution in [0.1, 0.15) is 18.3 Å². The zero-order valence-corrected chi connectivity index (χ0v) is 14.3. The lowest BCUT2D eigenvalue weighted by atomic mass is 10.2. The Hall–Kier alpha value is -3.55. The molecular weight excluding hydrogens is 334 g/mol. The molecular formula is C18H17N5O3. The molecule has 0 unspecified atom stereocenters. The second kappa shape index (κ2) is 7.56. The molecule has 8 nitrogen and oxygen atoms in total. The van der Waals surface area contributed by atoms with Crippen LogP contribution in [0.2, 0.25) is 0 Å². The number of hydrogen-bond donors (Lipinski definition) is 1. The molecule has 3 rings (SSSR count). The number of carbonyl (C=O) groups is 1. The first-order valence-corrected chi connectivity index (χ1v) is 7.91. The molecule has 0 aliphatic heterocycles. The molecule has 2 aromatic heterocycles. The summed E-state index contributed by atoms with van der Waals surface area (Å²) in [7, 11) is 0. The Labute approximate surface area is 149 Å². The number of aromatic nitrogens is 3. The molecule has 1 N–H and O–H groups in total. The maximum atomic E-state index is 12.4. The van der Waals surface area contributed by atoms with Crippen LogP contribution >= 0.6 is 0 Å². The quantitative estimate of drug-likeness (QED) is 0.548. The topological polar surface area (TPSA) is 98.5 Å². The van der Waals surface area contributed by atoms with Gasteiger partial charge in [-0.25, -0.2) is 10.4 Å². The first kappa shape index (κ1) is 17.3. The molecule has 132 valence electrons. The minimum atomic E-state index is -0.488. The van der Waals surface area contributed by atoms with E-state index in [0.29, 0.717) is 22.4 Å². The van der Waals surface area contributed by atoms with Crippen molar-refractivity contribution in [3.05, 3.63) is 70.5 Å². The van der Waals surface area contributed by atoms with E-state index in [0.717, 1.165) is 10.3 Å². The molecule has 1 aromatic carbocycles. The Balaban J connectivity index is 1.68. The maximum Gasteiger partial charge on any atom is 0.294 e. The van der Waals surface area contributed by atoms with Crippen LogP contribution in [0.5, 0.6) is 0 Å². The van der Waals surface area contributed by atoms with E-state index >= 15 is 0 Å². The number of fused-ring (bicyclic) bond motifs is 1. The summed E-state index contributed by atoms with van der Waals surface area (Å²) in [4.78, 5) is 37.9. The molecule has 0 aliphatic rings. The number of nitrogens with zero attached hydrogens (tertiary/aromatic N) is 4. The monoisotopic (exact) mass is 351 g/mol. The number of carbonyl (C=O) groups excluding carboxylic acids is 1. The van der Waals surface area contributed by atoms with Crippen molar-refractivity contribution in [2.45, 2.75) is 13.8 Å². The molecule has 1 amide bonds. The zero-order chi connectivity index (χ0) is 18.5. The molecule has 8 heteroatoms. The molecule has 0 fully saturated rings. The SMILES string of the molecule is CC(=NNC(=O)COn1c(C)nc2ccccc2c1=O)c1ccncc1. The Kier molecular flexibility index (Phi) is 5.02. The average molecular weight is 351 g/mol. The van der Waals surface area contributed by atoms with Crippen LogP contribution in [0, 0.1) is 6.92 Å². The van der Waals surface area contributed by atoms with Crippen LogP contribution in [0.15, 0.2) is 58.7 Å². The molecule has 0 spiro atoms. The van der Waals surface area contributed by atoms with E-state index in [1.54, 1.807) is 62.6 Å². The molecule has 0 saturated heterocycles. The minimum absolute atomic E-state index is 0.359. The maximum absolute atomic E-state index is 12.4. The summed E-state index contributed by atoms with van der Waals surface area (Å²) in [6.45, 7) is 3.03. The fourth-order valence-electron chi connectivity index (χ4n) is 2.34. The number of amides is 1. The number of para-hydroxylation sites is 1. The highest BCUT2D eigenvalue weighted by atomic mass is 16.7. The van der Waals surface area contributed by atoms with Crippen molar-refractivity contribution in [2.24, 2.45) is 5.10 Å². The van der Waals surface area contributed by atoms with Crippen molar-refractivity contribution in [3.8, 4) is 0 Å². The van der Waals surface area contributed by atoms with Crippen LogP contribution in [-0.2, 0) is 4.79 Å². The van der Waals surface area contributed by atoms with Crippen LogP contribution < -0.4 is 15.8 Å². The number of benzene rings is 1. The molecule has 0 bridgehead atoms. The number of hydrazone groups is 1. The third-order valence-electron chi connectivity index (χ3n) is 3.67. The van der Waals surface area contributed by atoms with Gasteiger partial charge in [0.2, 0.25) is 0 Å². The van der Waals surface area contributed by atoms with Gasteiger partial charge >= 0.3 is 0 Å². The van der Waals surface area contributed by atoms with Gasteiger partial charge in [0, 0.05) is 18.0 Å². The van der Waals surface area contributed by atoms with Crippen LogP contribution in [0.4, 0.5) is 0 Å². The highest BCUT2D eigenvalue weighted by Gasteiger charge is 2.10. The first-order chi connectivity index (χ1) is 12.6. The lowest BCUT2D eigenvalue weighted by Crippen LogP contribution is -2.36. The van der Waals surface area contributed by atoms with Crippen LogP contribution in [-0.4, -0.2) is 32.9 Å². The highest BCUT2D eigenvalue weighted by Crippen LogP contribution is 2.06. The molecule has 26 heavy (non-hydrogen) atoms. The van der Waals surface area contributed by atoms with E-state index in [-0.39, 0.29) is 12.2 Å². The Morgan fingerprint density at radius 2 is 1.96 bits per heavy atom. The predicted molar refractivity (Wildman–Crippen MR) is 96.8 cm³/mol. The largest absolute Gasteiger partial charge is 0.399 e. The smallest absolute Gasteiger partial charge is 0.294 e. The van der Waals surface area contributed by atoms with Gasteiger partial charge in [-0.2, -0.15) is 5.10 Å². The van der Waals surface area contributed by atoms with Crippen molar-refractivity contribution < 1.29 is 9.63 Å². The molecule has 2 heterocycles. The Morgan fingerprint density at radius 3 is 2.73 bits per heavy atom.